The molecule has 0 atom stereocenters. The molecule has 2 N–H and O–H groups in total. The van der Waals surface area contributed by atoms with Crippen molar-refractivity contribution in [3.8, 4) is 17.0 Å². The standard InChI is InChI=1S/C22H33N3O3/c1-7-22(8-2,20(26)27)15-23-13-17-14-25(21(3,4)5)24-19(17)16-10-9-11-18(12-16)28-6/h9-12,14,23H,7-8,13,15H2,1-6H3,(H,26,27). The maximum atomic E-state index is 11.8. The molecule has 0 bridgehead atoms. The van der Waals surface area contributed by atoms with E-state index in [4.69, 9.17) is 9.84 Å². The molecule has 154 valence electrons. The van der Waals surface area contributed by atoms with Crippen LogP contribution in [0.1, 0.15) is 53.0 Å². The Balaban J connectivity index is 2.32. The number of carboxylic acids is 1. The smallest absolute Gasteiger partial charge is 0.310 e. The minimum Gasteiger partial charge on any atom is -0.497 e. The van der Waals surface area contributed by atoms with Gasteiger partial charge in [0, 0.05) is 30.4 Å². The molecular formula is C22H33N3O3. The Kier molecular flexibility index (Phi) is 6.88. The maximum absolute atomic E-state index is 11.8. The van der Waals surface area contributed by atoms with Gasteiger partial charge in [0.1, 0.15) is 5.75 Å². The molecule has 0 fully saturated rings. The van der Waals surface area contributed by atoms with E-state index in [1.807, 2.05) is 49.0 Å². The molecule has 0 saturated carbocycles. The van der Waals surface area contributed by atoms with Crippen LogP contribution in [0.5, 0.6) is 5.75 Å². The molecule has 0 amide bonds. The van der Waals surface area contributed by atoms with Gasteiger partial charge in [-0.1, -0.05) is 26.0 Å². The van der Waals surface area contributed by atoms with Gasteiger partial charge in [-0.3, -0.25) is 9.48 Å². The van der Waals surface area contributed by atoms with Crippen molar-refractivity contribution in [3.05, 3.63) is 36.0 Å². The number of aromatic nitrogens is 2. The number of hydrogen-bond donors (Lipinski definition) is 2. The maximum Gasteiger partial charge on any atom is 0.310 e. The Labute approximate surface area is 167 Å². The second-order valence-electron chi connectivity index (χ2n) is 8.25. The third-order valence-electron chi connectivity index (χ3n) is 5.41. The number of benzene rings is 1. The number of aliphatic carboxylic acids is 1. The highest BCUT2D eigenvalue weighted by atomic mass is 16.5. The Bertz CT molecular complexity index is 802. The van der Waals surface area contributed by atoms with E-state index in [2.05, 4.69) is 26.1 Å². The van der Waals surface area contributed by atoms with Crippen molar-refractivity contribution in [2.45, 2.75) is 59.5 Å². The number of hydrogen-bond acceptors (Lipinski definition) is 4. The molecule has 1 aromatic heterocycles. The van der Waals surface area contributed by atoms with E-state index in [0.29, 0.717) is 25.9 Å². The lowest BCUT2D eigenvalue weighted by Crippen LogP contribution is -2.40. The Morgan fingerprint density at radius 1 is 1.25 bits per heavy atom. The molecule has 6 nitrogen and oxygen atoms in total. The summed E-state index contributed by atoms with van der Waals surface area (Å²) >= 11 is 0. The van der Waals surface area contributed by atoms with Crippen LogP contribution >= 0.6 is 0 Å². The molecule has 0 spiro atoms. The van der Waals surface area contributed by atoms with Crippen LogP contribution in [0.15, 0.2) is 30.5 Å². The Morgan fingerprint density at radius 2 is 1.93 bits per heavy atom. The minimum atomic E-state index is -0.747. The van der Waals surface area contributed by atoms with Crippen molar-refractivity contribution in [1.29, 1.82) is 0 Å². The number of methoxy groups -OCH3 is 1. The van der Waals surface area contributed by atoms with E-state index < -0.39 is 11.4 Å². The molecule has 6 heteroatoms. The summed E-state index contributed by atoms with van der Waals surface area (Å²) in [5, 5.41) is 17.8. The second-order valence-corrected chi connectivity index (χ2v) is 8.25. The lowest BCUT2D eigenvalue weighted by atomic mass is 9.82. The van der Waals surface area contributed by atoms with Crippen molar-refractivity contribution in [2.75, 3.05) is 13.7 Å². The van der Waals surface area contributed by atoms with Crippen LogP contribution in [-0.4, -0.2) is 34.5 Å². The summed E-state index contributed by atoms with van der Waals surface area (Å²) in [6.07, 6.45) is 3.23. The Morgan fingerprint density at radius 3 is 2.46 bits per heavy atom. The van der Waals surface area contributed by atoms with E-state index in [-0.39, 0.29) is 5.54 Å². The molecule has 28 heavy (non-hydrogen) atoms. The number of rotatable bonds is 9. The molecule has 1 aromatic carbocycles. The first kappa shape index (κ1) is 22.0. The van der Waals surface area contributed by atoms with Crippen LogP contribution in [0.3, 0.4) is 0 Å². The van der Waals surface area contributed by atoms with Crippen molar-refractivity contribution in [2.24, 2.45) is 5.41 Å². The van der Waals surface area contributed by atoms with Gasteiger partial charge in [0.15, 0.2) is 0 Å². The quantitative estimate of drug-likeness (QED) is 0.671. The van der Waals surface area contributed by atoms with Crippen molar-refractivity contribution >= 4 is 5.97 Å². The zero-order valence-corrected chi connectivity index (χ0v) is 17.9. The fraction of sp³-hybridized carbons (Fsp3) is 0.545. The summed E-state index contributed by atoms with van der Waals surface area (Å²) in [5.74, 6) is 0.0342. The molecular weight excluding hydrogens is 354 g/mol. The van der Waals surface area contributed by atoms with Crippen LogP contribution in [0.4, 0.5) is 0 Å². The average molecular weight is 388 g/mol. The van der Waals surface area contributed by atoms with Crippen LogP contribution in [0.25, 0.3) is 11.3 Å². The molecule has 0 radical (unpaired) electrons. The first-order chi connectivity index (χ1) is 13.2. The fourth-order valence-corrected chi connectivity index (χ4v) is 3.21. The molecule has 1 heterocycles. The summed E-state index contributed by atoms with van der Waals surface area (Å²) in [6, 6.07) is 7.84. The highest BCUT2D eigenvalue weighted by molar-refractivity contribution is 5.74. The van der Waals surface area contributed by atoms with Crippen LogP contribution < -0.4 is 10.1 Å². The predicted molar refractivity (Wildman–Crippen MR) is 112 cm³/mol. The predicted octanol–water partition coefficient (Wildman–Crippen LogP) is 4.29. The summed E-state index contributed by atoms with van der Waals surface area (Å²) in [5.41, 5.74) is 2.01. The third kappa shape index (κ3) is 4.73. The van der Waals surface area contributed by atoms with Crippen molar-refractivity contribution in [3.63, 3.8) is 0 Å². The lowest BCUT2D eigenvalue weighted by molar-refractivity contribution is -0.149. The summed E-state index contributed by atoms with van der Waals surface area (Å²) in [7, 11) is 1.65. The second kappa shape index (κ2) is 8.78. The topological polar surface area (TPSA) is 76.4 Å². The highest BCUT2D eigenvalue weighted by Crippen LogP contribution is 2.29. The minimum absolute atomic E-state index is 0.149. The molecule has 2 aromatic rings. The summed E-state index contributed by atoms with van der Waals surface area (Å²) < 4.78 is 7.32. The average Bonchev–Trinajstić information content (AvgIpc) is 3.10. The number of carboxylic acid groups (broad SMARTS) is 1. The van der Waals surface area contributed by atoms with E-state index in [1.54, 1.807) is 7.11 Å². The molecule has 0 unspecified atom stereocenters. The fourth-order valence-electron chi connectivity index (χ4n) is 3.21. The summed E-state index contributed by atoms with van der Waals surface area (Å²) in [6.45, 7) is 11.2. The monoisotopic (exact) mass is 387 g/mol. The van der Waals surface area contributed by atoms with E-state index in [1.165, 1.54) is 0 Å². The zero-order valence-electron chi connectivity index (χ0n) is 17.9. The van der Waals surface area contributed by atoms with Gasteiger partial charge in [0.25, 0.3) is 0 Å². The zero-order chi connectivity index (χ0) is 20.9. The lowest BCUT2D eigenvalue weighted by Gasteiger charge is -2.27. The number of ether oxygens (including phenoxy) is 1. The molecule has 0 aliphatic carbocycles. The van der Waals surface area contributed by atoms with Gasteiger partial charge in [-0.15, -0.1) is 0 Å². The number of nitrogens with one attached hydrogen (secondary N) is 1. The van der Waals surface area contributed by atoms with Gasteiger partial charge >= 0.3 is 5.97 Å². The number of nitrogens with zero attached hydrogens (tertiary/aromatic N) is 2. The van der Waals surface area contributed by atoms with E-state index in [0.717, 1.165) is 22.6 Å². The van der Waals surface area contributed by atoms with Crippen LogP contribution in [0.2, 0.25) is 0 Å². The summed E-state index contributed by atoms with van der Waals surface area (Å²) in [4.78, 5) is 11.8. The van der Waals surface area contributed by atoms with Gasteiger partial charge in [0.2, 0.25) is 0 Å². The molecule has 2 rings (SSSR count). The van der Waals surface area contributed by atoms with Gasteiger partial charge in [-0.2, -0.15) is 5.10 Å². The van der Waals surface area contributed by atoms with Crippen LogP contribution in [0, 0.1) is 5.41 Å². The van der Waals surface area contributed by atoms with E-state index >= 15 is 0 Å². The van der Waals surface area contributed by atoms with Crippen molar-refractivity contribution in [1.82, 2.24) is 15.1 Å². The largest absolute Gasteiger partial charge is 0.497 e. The van der Waals surface area contributed by atoms with Crippen LogP contribution in [-0.2, 0) is 16.9 Å². The Hall–Kier alpha value is -2.34. The first-order valence-corrected chi connectivity index (χ1v) is 9.84. The normalized spacial score (nSPS) is 12.2. The first-order valence-electron chi connectivity index (χ1n) is 9.84. The highest BCUT2D eigenvalue weighted by Gasteiger charge is 2.34. The molecule has 0 aliphatic heterocycles. The third-order valence-corrected chi connectivity index (χ3v) is 5.41. The number of carbonyl (C=O) groups is 1. The SMILES string of the molecule is CCC(CC)(CNCc1cn(C(C)(C)C)nc1-c1cccc(OC)c1)C(=O)O. The van der Waals surface area contributed by atoms with Gasteiger partial charge in [0.05, 0.1) is 23.8 Å². The molecule has 0 saturated heterocycles. The van der Waals surface area contributed by atoms with Crippen molar-refractivity contribution < 1.29 is 14.6 Å². The van der Waals surface area contributed by atoms with Gasteiger partial charge in [-0.25, -0.2) is 0 Å². The van der Waals surface area contributed by atoms with Gasteiger partial charge < -0.3 is 15.2 Å². The van der Waals surface area contributed by atoms with Gasteiger partial charge in [-0.05, 0) is 45.7 Å². The molecule has 0 aliphatic rings. The van der Waals surface area contributed by atoms with E-state index in [9.17, 15) is 9.90 Å².